The second-order valence-electron chi connectivity index (χ2n) is 0.408. The molecule has 0 aromatic heterocycles. The van der Waals surface area contributed by atoms with E-state index in [1.54, 1.807) is 0 Å². The standard InChI is InChI=1S/Cs.Na.H2O4S/c;;1-5(2,3)4/h;;(H2,1,2,3,4)/q2*+1;/p-2. The molecule has 7 heteroatoms. The van der Waals surface area contributed by atoms with Crippen molar-refractivity contribution in [3.05, 3.63) is 0 Å². The number of rotatable bonds is 0. The van der Waals surface area contributed by atoms with Crippen LogP contribution in [0.25, 0.3) is 0 Å². The van der Waals surface area contributed by atoms with Gasteiger partial charge in [-0.05, 0) is 0 Å². The first-order valence-electron chi connectivity index (χ1n) is 0.667. The Kier molecular flexibility index (Phi) is 16.6. The molecule has 0 atom stereocenters. The average Bonchev–Trinajstić information content (AvgIpc) is 0.722. The van der Waals surface area contributed by atoms with Crippen LogP contribution in [0.15, 0.2) is 0 Å². The topological polar surface area (TPSA) is 80.3 Å². The second-order valence-corrected chi connectivity index (χ2v) is 1.22. The van der Waals surface area contributed by atoms with E-state index in [0.717, 1.165) is 0 Å². The molecule has 0 N–H and O–H groups in total. The van der Waals surface area contributed by atoms with E-state index in [4.69, 9.17) is 17.5 Å². The normalized spacial score (nSPS) is 8.29. The Balaban J connectivity index is -0.0000000800. The van der Waals surface area contributed by atoms with Crippen molar-refractivity contribution in [2.45, 2.75) is 0 Å². The Morgan fingerprint density at radius 3 is 1.14 bits per heavy atom. The van der Waals surface area contributed by atoms with Gasteiger partial charge in [-0.25, -0.2) is 0 Å². The first kappa shape index (κ1) is 16.5. The van der Waals surface area contributed by atoms with Crippen molar-refractivity contribution in [1.29, 1.82) is 0 Å². The maximum absolute atomic E-state index is 8.52. The molecular formula is CsNaO4S. The van der Waals surface area contributed by atoms with E-state index in [-0.39, 0.29) is 98.5 Å². The maximum Gasteiger partial charge on any atom is 1.00 e. The Labute approximate surface area is 123 Å². The monoisotopic (exact) mass is 252 g/mol. The fourth-order valence-corrected chi connectivity index (χ4v) is 0. The third-order valence-electron chi connectivity index (χ3n) is 0. The van der Waals surface area contributed by atoms with Crippen LogP contribution in [0.1, 0.15) is 0 Å². The van der Waals surface area contributed by atoms with Crippen LogP contribution in [0.3, 0.4) is 0 Å². The molecule has 0 unspecified atom stereocenters. The zero-order valence-corrected chi connectivity index (χ0v) is 13.1. The van der Waals surface area contributed by atoms with Gasteiger partial charge in [-0.2, -0.15) is 0 Å². The molecule has 0 aromatic rings. The Hall–Kier alpha value is 2.92. The molecular weight excluding hydrogens is 252 g/mol. The average molecular weight is 252 g/mol. The molecule has 0 aromatic carbocycles. The van der Waals surface area contributed by atoms with Gasteiger partial charge in [-0.15, -0.1) is 0 Å². The van der Waals surface area contributed by atoms with Gasteiger partial charge in [-0.3, -0.25) is 8.42 Å². The quantitative estimate of drug-likeness (QED) is 0.244. The number of hydrogen-bond donors (Lipinski definition) is 0. The SMILES string of the molecule is O=S(=O)([O-])[O-].[Cs+].[Na+]. The summed E-state index contributed by atoms with van der Waals surface area (Å²) >= 11 is 0. The fraction of sp³-hybridized carbons (Fsp3) is 0. The van der Waals surface area contributed by atoms with Crippen LogP contribution in [0, 0.1) is 0 Å². The van der Waals surface area contributed by atoms with Crippen LogP contribution >= 0.6 is 0 Å². The minimum atomic E-state index is -5.17. The molecule has 0 spiro atoms. The fourth-order valence-electron chi connectivity index (χ4n) is 0. The maximum atomic E-state index is 8.52. The summed E-state index contributed by atoms with van der Waals surface area (Å²) in [6.45, 7) is 0. The number of hydrogen-bond acceptors (Lipinski definition) is 4. The van der Waals surface area contributed by atoms with E-state index in [0.29, 0.717) is 0 Å². The third kappa shape index (κ3) is 50.1. The van der Waals surface area contributed by atoms with E-state index in [9.17, 15) is 0 Å². The van der Waals surface area contributed by atoms with Crippen LogP contribution in [0.5, 0.6) is 0 Å². The predicted molar refractivity (Wildman–Crippen MR) is 10.5 cm³/mol. The first-order chi connectivity index (χ1) is 2.00. The molecule has 0 bridgehead atoms. The summed E-state index contributed by atoms with van der Waals surface area (Å²) in [5, 5.41) is 0. The summed E-state index contributed by atoms with van der Waals surface area (Å²) < 4.78 is 34.1. The van der Waals surface area contributed by atoms with Crippen molar-refractivity contribution in [1.82, 2.24) is 0 Å². The molecule has 0 heterocycles. The third-order valence-corrected chi connectivity index (χ3v) is 0. The zero-order valence-electron chi connectivity index (χ0n) is 4.04. The van der Waals surface area contributed by atoms with E-state index < -0.39 is 10.4 Å². The smallest absolute Gasteiger partial charge is 0.759 e. The molecule has 0 saturated carbocycles. The zero-order chi connectivity index (χ0) is 4.50. The van der Waals surface area contributed by atoms with Gasteiger partial charge in [-0.1, -0.05) is 0 Å². The minimum absolute atomic E-state index is 0. The molecule has 4 nitrogen and oxygen atoms in total. The summed E-state index contributed by atoms with van der Waals surface area (Å²) in [4.78, 5) is 0. The first-order valence-corrected chi connectivity index (χ1v) is 2.00. The molecule has 0 saturated heterocycles. The van der Waals surface area contributed by atoms with Gasteiger partial charge in [0, 0.05) is 10.4 Å². The molecule has 0 aliphatic heterocycles. The molecule has 0 aliphatic carbocycles. The summed E-state index contributed by atoms with van der Waals surface area (Å²) in [5.41, 5.74) is 0. The largest absolute Gasteiger partial charge is 1.00 e. The van der Waals surface area contributed by atoms with Crippen molar-refractivity contribution < 1.29 is 116 Å². The predicted octanol–water partition coefficient (Wildman–Crippen LogP) is -7.33. The molecule has 0 rings (SSSR count). The van der Waals surface area contributed by atoms with E-state index >= 15 is 0 Å². The minimum Gasteiger partial charge on any atom is -0.759 e. The van der Waals surface area contributed by atoms with E-state index in [1.807, 2.05) is 0 Å². The van der Waals surface area contributed by atoms with Crippen molar-refractivity contribution in [2.24, 2.45) is 0 Å². The van der Waals surface area contributed by atoms with Crippen molar-refractivity contribution >= 4 is 10.4 Å². The van der Waals surface area contributed by atoms with Crippen molar-refractivity contribution in [2.75, 3.05) is 0 Å². The summed E-state index contributed by atoms with van der Waals surface area (Å²) in [7, 11) is -5.17. The molecule has 0 amide bonds. The van der Waals surface area contributed by atoms with Crippen LogP contribution in [-0.2, 0) is 10.4 Å². The van der Waals surface area contributed by atoms with Gasteiger partial charge in [0.2, 0.25) is 0 Å². The molecule has 0 aliphatic rings. The van der Waals surface area contributed by atoms with Gasteiger partial charge in [0.15, 0.2) is 0 Å². The Morgan fingerprint density at radius 2 is 1.14 bits per heavy atom. The second kappa shape index (κ2) is 7.03. The van der Waals surface area contributed by atoms with Gasteiger partial charge in [0.05, 0.1) is 0 Å². The van der Waals surface area contributed by atoms with Gasteiger partial charge < -0.3 is 9.11 Å². The van der Waals surface area contributed by atoms with Crippen LogP contribution in [0.2, 0.25) is 0 Å². The molecule has 0 fully saturated rings. The molecule has 32 valence electrons. The van der Waals surface area contributed by atoms with Crippen molar-refractivity contribution in [3.8, 4) is 0 Å². The van der Waals surface area contributed by atoms with Gasteiger partial charge >= 0.3 is 98.5 Å². The van der Waals surface area contributed by atoms with Crippen LogP contribution in [-0.4, -0.2) is 17.5 Å². The summed E-state index contributed by atoms with van der Waals surface area (Å²) in [6, 6.07) is 0. The Bertz CT molecular complexity index is 94.9. The molecule has 7 heavy (non-hydrogen) atoms. The van der Waals surface area contributed by atoms with E-state index in [2.05, 4.69) is 0 Å². The molecule has 0 radical (unpaired) electrons. The van der Waals surface area contributed by atoms with Gasteiger partial charge in [0.25, 0.3) is 0 Å². The van der Waals surface area contributed by atoms with Crippen LogP contribution < -0.4 is 98.5 Å². The van der Waals surface area contributed by atoms with E-state index in [1.165, 1.54) is 0 Å². The Morgan fingerprint density at radius 1 is 1.14 bits per heavy atom. The summed E-state index contributed by atoms with van der Waals surface area (Å²) in [6.07, 6.45) is 0. The van der Waals surface area contributed by atoms with Gasteiger partial charge in [0.1, 0.15) is 0 Å². The van der Waals surface area contributed by atoms with Crippen LogP contribution in [0.4, 0.5) is 0 Å². The van der Waals surface area contributed by atoms with Crippen molar-refractivity contribution in [3.63, 3.8) is 0 Å². The summed E-state index contributed by atoms with van der Waals surface area (Å²) in [5.74, 6) is 0.